The molecule has 1 amide bonds. The van der Waals surface area contributed by atoms with Crippen molar-refractivity contribution in [2.45, 2.75) is 13.5 Å². The number of methoxy groups -OCH3 is 1. The lowest BCUT2D eigenvalue weighted by molar-refractivity contribution is 0.0628. The molecule has 2 heterocycles. The second kappa shape index (κ2) is 7.10. The summed E-state index contributed by atoms with van der Waals surface area (Å²) in [7, 11) is 1.62. The summed E-state index contributed by atoms with van der Waals surface area (Å²) in [6.07, 6.45) is 0. The molecule has 23 heavy (non-hydrogen) atoms. The van der Waals surface area contributed by atoms with Crippen LogP contribution in [0.2, 0.25) is 0 Å². The van der Waals surface area contributed by atoms with E-state index in [1.807, 2.05) is 36.1 Å². The Morgan fingerprint density at radius 3 is 2.48 bits per heavy atom. The maximum Gasteiger partial charge on any atom is 0.253 e. The maximum atomic E-state index is 12.5. The van der Waals surface area contributed by atoms with Gasteiger partial charge in [0.05, 0.1) is 13.7 Å². The lowest BCUT2D eigenvalue weighted by Crippen LogP contribution is -2.48. The van der Waals surface area contributed by atoms with Gasteiger partial charge in [0.2, 0.25) is 0 Å². The summed E-state index contributed by atoms with van der Waals surface area (Å²) in [4.78, 5) is 21.3. The minimum atomic E-state index is 0.0948. The molecule has 0 saturated carbocycles. The van der Waals surface area contributed by atoms with Crippen LogP contribution < -0.4 is 4.74 Å². The number of rotatable bonds is 4. The van der Waals surface area contributed by atoms with E-state index in [4.69, 9.17) is 4.74 Å². The van der Waals surface area contributed by atoms with Crippen molar-refractivity contribution in [1.82, 2.24) is 14.8 Å². The Bertz CT molecular complexity index is 661. The number of piperazine rings is 1. The molecule has 0 aliphatic carbocycles. The van der Waals surface area contributed by atoms with Gasteiger partial charge in [-0.2, -0.15) is 0 Å². The summed E-state index contributed by atoms with van der Waals surface area (Å²) in [6, 6.07) is 7.31. The molecule has 0 radical (unpaired) electrons. The molecule has 0 N–H and O–H groups in total. The predicted molar refractivity (Wildman–Crippen MR) is 91.0 cm³/mol. The third-order valence-corrected chi connectivity index (χ3v) is 4.97. The Balaban J connectivity index is 1.54. The first kappa shape index (κ1) is 16.0. The van der Waals surface area contributed by atoms with Crippen molar-refractivity contribution in [3.63, 3.8) is 0 Å². The Labute approximate surface area is 140 Å². The second-order valence-corrected chi connectivity index (χ2v) is 6.62. The summed E-state index contributed by atoms with van der Waals surface area (Å²) in [5.74, 6) is 0.863. The molecule has 1 aromatic heterocycles. The van der Waals surface area contributed by atoms with Crippen LogP contribution in [0.1, 0.15) is 21.1 Å². The highest BCUT2D eigenvalue weighted by Crippen LogP contribution is 2.16. The zero-order valence-electron chi connectivity index (χ0n) is 13.5. The molecule has 0 unspecified atom stereocenters. The van der Waals surface area contributed by atoms with E-state index >= 15 is 0 Å². The fraction of sp³-hybridized carbons (Fsp3) is 0.412. The third kappa shape index (κ3) is 3.89. The van der Waals surface area contributed by atoms with Crippen LogP contribution in [0.3, 0.4) is 0 Å². The fourth-order valence-electron chi connectivity index (χ4n) is 2.69. The maximum absolute atomic E-state index is 12.5. The van der Waals surface area contributed by atoms with E-state index in [9.17, 15) is 4.79 Å². The number of hydrogen-bond donors (Lipinski definition) is 0. The molecule has 3 rings (SSSR count). The van der Waals surface area contributed by atoms with E-state index in [0.29, 0.717) is 0 Å². The Hall–Kier alpha value is -1.92. The van der Waals surface area contributed by atoms with E-state index in [-0.39, 0.29) is 5.91 Å². The third-order valence-electron chi connectivity index (χ3n) is 4.02. The Kier molecular flexibility index (Phi) is 4.93. The van der Waals surface area contributed by atoms with Crippen molar-refractivity contribution in [1.29, 1.82) is 0 Å². The summed E-state index contributed by atoms with van der Waals surface area (Å²) in [6.45, 7) is 6.19. The van der Waals surface area contributed by atoms with Gasteiger partial charge in [0, 0.05) is 42.8 Å². The topological polar surface area (TPSA) is 45.7 Å². The standard InChI is InChI=1S/C17H21N3O2S/c1-13-12-23-16(18-13)11-19-7-9-20(10-8-19)17(21)14-3-5-15(22-2)6-4-14/h3-6,12H,7-11H2,1-2H3. The first-order chi connectivity index (χ1) is 11.2. The first-order valence-corrected chi connectivity index (χ1v) is 8.60. The van der Waals surface area contributed by atoms with Gasteiger partial charge in [0.15, 0.2) is 0 Å². The zero-order chi connectivity index (χ0) is 16.2. The van der Waals surface area contributed by atoms with Crippen LogP contribution in [0.5, 0.6) is 5.75 Å². The van der Waals surface area contributed by atoms with Crippen LogP contribution >= 0.6 is 11.3 Å². The van der Waals surface area contributed by atoms with Gasteiger partial charge < -0.3 is 9.64 Å². The summed E-state index contributed by atoms with van der Waals surface area (Å²) < 4.78 is 5.13. The highest BCUT2D eigenvalue weighted by atomic mass is 32.1. The van der Waals surface area contributed by atoms with Crippen molar-refractivity contribution in [2.24, 2.45) is 0 Å². The largest absolute Gasteiger partial charge is 0.497 e. The lowest BCUT2D eigenvalue weighted by Gasteiger charge is -2.34. The zero-order valence-corrected chi connectivity index (χ0v) is 14.3. The molecule has 1 saturated heterocycles. The molecular weight excluding hydrogens is 310 g/mol. The molecule has 0 atom stereocenters. The molecular formula is C17H21N3O2S. The van der Waals surface area contributed by atoms with Gasteiger partial charge in [-0.3, -0.25) is 9.69 Å². The fourth-order valence-corrected chi connectivity index (χ4v) is 3.50. The summed E-state index contributed by atoms with van der Waals surface area (Å²) >= 11 is 1.71. The average Bonchev–Trinajstić information content (AvgIpc) is 3.00. The van der Waals surface area contributed by atoms with Crippen LogP contribution in [-0.2, 0) is 6.54 Å². The van der Waals surface area contributed by atoms with Crippen LogP contribution in [0.15, 0.2) is 29.6 Å². The predicted octanol–water partition coefficient (Wildman–Crippen LogP) is 2.42. The van der Waals surface area contributed by atoms with Crippen LogP contribution in [0.4, 0.5) is 0 Å². The van der Waals surface area contributed by atoms with Crippen molar-refractivity contribution in [3.05, 3.63) is 45.9 Å². The number of aromatic nitrogens is 1. The van der Waals surface area contributed by atoms with Crippen molar-refractivity contribution in [3.8, 4) is 5.75 Å². The highest BCUT2D eigenvalue weighted by molar-refractivity contribution is 7.09. The van der Waals surface area contributed by atoms with E-state index in [1.54, 1.807) is 18.4 Å². The Morgan fingerprint density at radius 1 is 1.22 bits per heavy atom. The molecule has 1 aliphatic rings. The number of ether oxygens (including phenoxy) is 1. The van der Waals surface area contributed by atoms with Gasteiger partial charge in [0.1, 0.15) is 10.8 Å². The van der Waals surface area contributed by atoms with E-state index < -0.39 is 0 Å². The van der Waals surface area contributed by atoms with Gasteiger partial charge in [0.25, 0.3) is 5.91 Å². The number of benzene rings is 1. The number of aryl methyl sites for hydroxylation is 1. The van der Waals surface area contributed by atoms with Crippen molar-refractivity contribution >= 4 is 17.2 Å². The number of hydrogen-bond acceptors (Lipinski definition) is 5. The van der Waals surface area contributed by atoms with E-state index in [2.05, 4.69) is 15.3 Å². The number of carbonyl (C=O) groups is 1. The second-order valence-electron chi connectivity index (χ2n) is 5.68. The normalized spacial score (nSPS) is 15.7. The van der Waals surface area contributed by atoms with E-state index in [1.165, 1.54) is 0 Å². The van der Waals surface area contributed by atoms with Crippen LogP contribution in [-0.4, -0.2) is 54.0 Å². The monoisotopic (exact) mass is 331 g/mol. The first-order valence-electron chi connectivity index (χ1n) is 7.72. The van der Waals surface area contributed by atoms with Gasteiger partial charge in [-0.1, -0.05) is 0 Å². The summed E-state index contributed by atoms with van der Waals surface area (Å²) in [5.41, 5.74) is 1.80. The molecule has 122 valence electrons. The molecule has 1 aliphatic heterocycles. The average molecular weight is 331 g/mol. The molecule has 0 bridgehead atoms. The number of thiazole rings is 1. The van der Waals surface area contributed by atoms with Gasteiger partial charge >= 0.3 is 0 Å². The molecule has 5 nitrogen and oxygen atoms in total. The smallest absolute Gasteiger partial charge is 0.253 e. The quantitative estimate of drug-likeness (QED) is 0.863. The molecule has 0 spiro atoms. The Morgan fingerprint density at radius 2 is 1.91 bits per heavy atom. The van der Waals surface area contributed by atoms with Crippen molar-refractivity contribution < 1.29 is 9.53 Å². The highest BCUT2D eigenvalue weighted by Gasteiger charge is 2.22. The number of amides is 1. The SMILES string of the molecule is COc1ccc(C(=O)N2CCN(Cc3nc(C)cs3)CC2)cc1. The molecule has 1 fully saturated rings. The van der Waals surface area contributed by atoms with Gasteiger partial charge in [-0.25, -0.2) is 4.98 Å². The minimum absolute atomic E-state index is 0.0948. The molecule has 6 heteroatoms. The van der Waals surface area contributed by atoms with Crippen LogP contribution in [0, 0.1) is 6.92 Å². The van der Waals surface area contributed by atoms with Gasteiger partial charge in [-0.15, -0.1) is 11.3 Å². The summed E-state index contributed by atoms with van der Waals surface area (Å²) in [5, 5.41) is 3.23. The number of nitrogens with zero attached hydrogens (tertiary/aromatic N) is 3. The van der Waals surface area contributed by atoms with Crippen LogP contribution in [0.25, 0.3) is 0 Å². The lowest BCUT2D eigenvalue weighted by atomic mass is 10.1. The van der Waals surface area contributed by atoms with Crippen molar-refractivity contribution in [2.75, 3.05) is 33.3 Å². The molecule has 1 aromatic carbocycles. The molecule has 2 aromatic rings. The number of carbonyl (C=O) groups excluding carboxylic acids is 1. The minimum Gasteiger partial charge on any atom is -0.497 e. The van der Waals surface area contributed by atoms with E-state index in [0.717, 1.165) is 54.7 Å². The van der Waals surface area contributed by atoms with Gasteiger partial charge in [-0.05, 0) is 31.2 Å².